The minimum Gasteiger partial charge on any atom is -0.480 e. The van der Waals surface area contributed by atoms with E-state index in [-0.39, 0.29) is 6.04 Å². The number of piperidine rings is 1. The third-order valence-electron chi connectivity index (χ3n) is 9.13. The van der Waals surface area contributed by atoms with Crippen LogP contribution in [-0.4, -0.2) is 60.1 Å². The van der Waals surface area contributed by atoms with Crippen LogP contribution in [0.3, 0.4) is 0 Å². The fourth-order valence-electron chi connectivity index (χ4n) is 6.80. The largest absolute Gasteiger partial charge is 0.480 e. The van der Waals surface area contributed by atoms with E-state index in [1.807, 2.05) is 17.8 Å². The Bertz CT molecular complexity index is 1100. The van der Waals surface area contributed by atoms with Gasteiger partial charge in [0.1, 0.15) is 6.04 Å². The van der Waals surface area contributed by atoms with Crippen molar-refractivity contribution in [1.82, 2.24) is 9.80 Å². The van der Waals surface area contributed by atoms with Gasteiger partial charge in [-0.1, -0.05) is 85.1 Å². The quantitative estimate of drug-likeness (QED) is 0.344. The highest BCUT2D eigenvalue weighted by atomic mass is 32.2. The molecule has 0 bridgehead atoms. The first-order valence-corrected chi connectivity index (χ1v) is 16.3. The molecule has 1 saturated carbocycles. The SMILES string of the molecule is CC(C)=C(Sc1ccccc1C)C1CCN(C)CC1.O=C(O)[C@@H](C1CCCCC1)N1CCC(c2ccccc2)C1. The molecule has 2 atom stereocenters. The van der Waals surface area contributed by atoms with Crippen LogP contribution in [0.4, 0.5) is 0 Å². The van der Waals surface area contributed by atoms with Crippen molar-refractivity contribution in [1.29, 1.82) is 0 Å². The molecule has 0 spiro atoms. The molecule has 0 aromatic heterocycles. The van der Waals surface area contributed by atoms with Crippen molar-refractivity contribution >= 4 is 17.7 Å². The summed E-state index contributed by atoms with van der Waals surface area (Å²) in [7, 11) is 2.23. The van der Waals surface area contributed by atoms with Crippen LogP contribution < -0.4 is 0 Å². The van der Waals surface area contributed by atoms with E-state index < -0.39 is 5.97 Å². The Morgan fingerprint density at radius 1 is 0.875 bits per heavy atom. The maximum Gasteiger partial charge on any atom is 0.321 e. The average molecular weight is 563 g/mol. The molecule has 5 rings (SSSR count). The molecule has 2 aromatic carbocycles. The Kier molecular flexibility index (Phi) is 11.8. The van der Waals surface area contributed by atoms with Gasteiger partial charge in [-0.25, -0.2) is 0 Å². The molecule has 4 nitrogen and oxygen atoms in total. The predicted octanol–water partition coefficient (Wildman–Crippen LogP) is 8.23. The van der Waals surface area contributed by atoms with Gasteiger partial charge in [-0.2, -0.15) is 0 Å². The van der Waals surface area contributed by atoms with E-state index in [0.717, 1.165) is 38.3 Å². The van der Waals surface area contributed by atoms with Gasteiger partial charge in [0.2, 0.25) is 0 Å². The Hall–Kier alpha value is -2.08. The van der Waals surface area contributed by atoms with Crippen LogP contribution in [0.5, 0.6) is 0 Å². The van der Waals surface area contributed by atoms with Crippen molar-refractivity contribution in [2.75, 3.05) is 33.2 Å². The molecular formula is C35H50N2O2S. The average Bonchev–Trinajstić information content (AvgIpc) is 3.44. The van der Waals surface area contributed by atoms with E-state index in [0.29, 0.717) is 11.8 Å². The summed E-state index contributed by atoms with van der Waals surface area (Å²) in [5.74, 6) is 0.990. The molecule has 0 radical (unpaired) electrons. The van der Waals surface area contributed by atoms with E-state index >= 15 is 0 Å². The van der Waals surface area contributed by atoms with Crippen molar-refractivity contribution in [2.24, 2.45) is 11.8 Å². The second-order valence-electron chi connectivity index (χ2n) is 12.4. The molecule has 1 N–H and O–H groups in total. The summed E-state index contributed by atoms with van der Waals surface area (Å²) in [5, 5.41) is 9.70. The zero-order valence-electron chi connectivity index (χ0n) is 25.1. The van der Waals surface area contributed by atoms with Gasteiger partial charge in [-0.3, -0.25) is 9.69 Å². The van der Waals surface area contributed by atoms with Gasteiger partial charge in [0.05, 0.1) is 0 Å². The van der Waals surface area contributed by atoms with Crippen LogP contribution in [0.25, 0.3) is 0 Å². The lowest BCUT2D eigenvalue weighted by atomic mass is 9.83. The maximum atomic E-state index is 11.8. The Morgan fingerprint density at radius 2 is 1.52 bits per heavy atom. The standard InChI is InChI=1S/C18H25NO2.C17H25NS/c20-18(21)17(15-9-5-2-6-10-15)19-12-11-16(13-19)14-7-3-1-4-8-14;1-13(2)17(15-9-11-18(4)12-10-15)19-16-8-6-5-7-14(16)3/h1,3-4,7-8,15-17H,2,5-6,9-13H2,(H,20,21);5-8,15H,9-12H2,1-4H3/t16?,17-;/m1./s1. The number of aryl methyl sites for hydroxylation is 1. The number of hydrogen-bond acceptors (Lipinski definition) is 4. The molecule has 2 aliphatic heterocycles. The number of thioether (sulfide) groups is 1. The highest BCUT2D eigenvalue weighted by molar-refractivity contribution is 8.03. The number of nitrogens with zero attached hydrogens (tertiary/aromatic N) is 2. The van der Waals surface area contributed by atoms with Crippen LogP contribution in [0.15, 0.2) is 70.0 Å². The van der Waals surface area contributed by atoms with Crippen LogP contribution >= 0.6 is 11.8 Å². The van der Waals surface area contributed by atoms with E-state index in [2.05, 4.69) is 86.1 Å². The lowest BCUT2D eigenvalue weighted by molar-refractivity contribution is -0.145. The molecular weight excluding hydrogens is 512 g/mol. The molecule has 1 unspecified atom stereocenters. The third-order valence-corrected chi connectivity index (χ3v) is 10.8. The molecule has 5 heteroatoms. The molecule has 3 aliphatic rings. The Balaban J connectivity index is 0.000000186. The zero-order chi connectivity index (χ0) is 28.5. The van der Waals surface area contributed by atoms with Crippen molar-refractivity contribution in [3.05, 3.63) is 76.2 Å². The van der Waals surface area contributed by atoms with Gasteiger partial charge in [0, 0.05) is 11.4 Å². The first kappa shape index (κ1) is 30.9. The number of benzene rings is 2. The summed E-state index contributed by atoms with van der Waals surface area (Å²) in [6.45, 7) is 11.0. The summed E-state index contributed by atoms with van der Waals surface area (Å²) < 4.78 is 0. The Labute approximate surface area is 247 Å². The van der Waals surface area contributed by atoms with Crippen LogP contribution in [-0.2, 0) is 4.79 Å². The molecule has 2 heterocycles. The fraction of sp³-hybridized carbons (Fsp3) is 0.571. The molecule has 2 aromatic rings. The summed E-state index contributed by atoms with van der Waals surface area (Å²) in [4.78, 5) is 19.5. The smallest absolute Gasteiger partial charge is 0.321 e. The third kappa shape index (κ3) is 8.47. The zero-order valence-corrected chi connectivity index (χ0v) is 26.0. The van der Waals surface area contributed by atoms with Crippen molar-refractivity contribution in [3.63, 3.8) is 0 Å². The predicted molar refractivity (Wildman–Crippen MR) is 169 cm³/mol. The minimum atomic E-state index is -0.615. The van der Waals surface area contributed by atoms with E-state index in [9.17, 15) is 9.90 Å². The first-order valence-electron chi connectivity index (χ1n) is 15.4. The summed E-state index contributed by atoms with van der Waals surface area (Å²) in [6, 6.07) is 19.0. The number of allylic oxidation sites excluding steroid dienone is 2. The van der Waals surface area contributed by atoms with E-state index in [1.54, 1.807) is 4.91 Å². The molecule has 0 amide bonds. The van der Waals surface area contributed by atoms with Gasteiger partial charge in [-0.05, 0) is 119 Å². The number of carboxylic acids is 1. The normalized spacial score (nSPS) is 21.9. The highest BCUT2D eigenvalue weighted by Gasteiger charge is 2.38. The summed E-state index contributed by atoms with van der Waals surface area (Å²) in [5.41, 5.74) is 4.23. The number of carbonyl (C=O) groups is 1. The van der Waals surface area contributed by atoms with Gasteiger partial charge in [0.25, 0.3) is 0 Å². The number of aliphatic carboxylic acids is 1. The fourth-order valence-corrected chi connectivity index (χ4v) is 8.02. The van der Waals surface area contributed by atoms with Gasteiger partial charge in [0.15, 0.2) is 0 Å². The molecule has 218 valence electrons. The lowest BCUT2D eigenvalue weighted by Crippen LogP contribution is -2.45. The second-order valence-corrected chi connectivity index (χ2v) is 13.5. The van der Waals surface area contributed by atoms with Gasteiger partial charge >= 0.3 is 5.97 Å². The first-order chi connectivity index (χ1) is 19.3. The molecule has 40 heavy (non-hydrogen) atoms. The van der Waals surface area contributed by atoms with Gasteiger partial charge < -0.3 is 10.0 Å². The number of carboxylic acid groups (broad SMARTS) is 1. The van der Waals surface area contributed by atoms with Crippen molar-refractivity contribution in [2.45, 2.75) is 89.0 Å². The second kappa shape index (κ2) is 15.2. The summed E-state index contributed by atoms with van der Waals surface area (Å²) in [6.07, 6.45) is 9.53. The maximum absolute atomic E-state index is 11.8. The van der Waals surface area contributed by atoms with E-state index in [1.165, 1.54) is 66.8 Å². The molecule has 2 saturated heterocycles. The lowest BCUT2D eigenvalue weighted by Gasteiger charge is -2.33. The number of likely N-dealkylation sites (tertiary alicyclic amines) is 2. The van der Waals surface area contributed by atoms with E-state index in [4.69, 9.17) is 0 Å². The molecule has 3 fully saturated rings. The van der Waals surface area contributed by atoms with Gasteiger partial charge in [-0.15, -0.1) is 0 Å². The minimum absolute atomic E-state index is 0.265. The highest BCUT2D eigenvalue weighted by Crippen LogP contribution is 2.40. The monoisotopic (exact) mass is 562 g/mol. The topological polar surface area (TPSA) is 43.8 Å². The number of rotatable bonds is 7. The van der Waals surface area contributed by atoms with Crippen molar-refractivity contribution < 1.29 is 9.90 Å². The summed E-state index contributed by atoms with van der Waals surface area (Å²) >= 11 is 1.99. The van der Waals surface area contributed by atoms with Crippen LogP contribution in [0.2, 0.25) is 0 Å². The van der Waals surface area contributed by atoms with Crippen molar-refractivity contribution in [3.8, 4) is 0 Å². The van der Waals surface area contributed by atoms with Crippen LogP contribution in [0, 0.1) is 18.8 Å². The number of hydrogen-bond donors (Lipinski definition) is 1. The molecule has 1 aliphatic carbocycles. The van der Waals surface area contributed by atoms with Crippen LogP contribution in [0.1, 0.15) is 82.3 Å². The Morgan fingerprint density at radius 3 is 2.15 bits per heavy atom.